The summed E-state index contributed by atoms with van der Waals surface area (Å²) < 4.78 is 5.09. The van der Waals surface area contributed by atoms with Gasteiger partial charge in [-0.05, 0) is 35.7 Å². The molecule has 0 saturated heterocycles. The third-order valence-corrected chi connectivity index (χ3v) is 3.37. The van der Waals surface area contributed by atoms with E-state index in [1.165, 1.54) is 0 Å². The van der Waals surface area contributed by atoms with Crippen LogP contribution in [-0.4, -0.2) is 18.1 Å². The monoisotopic (exact) mass is 285 g/mol. The zero-order valence-electron chi connectivity index (χ0n) is 12.2. The molecule has 4 heteroatoms. The van der Waals surface area contributed by atoms with Crippen LogP contribution in [0.2, 0.25) is 0 Å². The van der Waals surface area contributed by atoms with Crippen LogP contribution in [-0.2, 0) is 11.3 Å². The Balaban J connectivity index is 2.01. The van der Waals surface area contributed by atoms with Crippen LogP contribution in [0, 0.1) is 6.92 Å². The van der Waals surface area contributed by atoms with Gasteiger partial charge in [-0.3, -0.25) is 4.79 Å². The Kier molecular flexibility index (Phi) is 4.95. The summed E-state index contributed by atoms with van der Waals surface area (Å²) in [5, 5.41) is 12.8. The zero-order chi connectivity index (χ0) is 15.2. The van der Waals surface area contributed by atoms with Gasteiger partial charge < -0.3 is 15.2 Å². The Labute approximate surface area is 124 Å². The molecule has 0 aliphatic rings. The molecule has 1 amide bonds. The Hall–Kier alpha value is -2.33. The van der Waals surface area contributed by atoms with Gasteiger partial charge in [-0.15, -0.1) is 0 Å². The van der Waals surface area contributed by atoms with Crippen molar-refractivity contribution < 1.29 is 14.6 Å². The maximum Gasteiger partial charge on any atom is 0.253 e. The number of aryl methyl sites for hydroxylation is 1. The summed E-state index contributed by atoms with van der Waals surface area (Å²) in [4.78, 5) is 12.0. The van der Waals surface area contributed by atoms with Crippen LogP contribution in [0.5, 0.6) is 5.75 Å². The van der Waals surface area contributed by atoms with Gasteiger partial charge in [-0.1, -0.05) is 36.4 Å². The van der Waals surface area contributed by atoms with Crippen molar-refractivity contribution in [2.75, 3.05) is 7.11 Å². The van der Waals surface area contributed by atoms with E-state index in [-0.39, 0.29) is 0 Å². The molecule has 110 valence electrons. The molecule has 0 heterocycles. The van der Waals surface area contributed by atoms with E-state index in [0.717, 1.165) is 11.1 Å². The summed E-state index contributed by atoms with van der Waals surface area (Å²) >= 11 is 0. The number of amides is 1. The van der Waals surface area contributed by atoms with E-state index in [4.69, 9.17) is 4.74 Å². The Morgan fingerprint density at radius 3 is 2.71 bits per heavy atom. The number of methoxy groups -OCH3 is 1. The number of carbonyl (C=O) groups is 1. The number of rotatable bonds is 5. The first-order valence-electron chi connectivity index (χ1n) is 6.76. The number of carbonyl (C=O) groups excluding carboxylic acids is 1. The molecule has 2 aromatic carbocycles. The van der Waals surface area contributed by atoms with Gasteiger partial charge in [0.1, 0.15) is 5.75 Å². The van der Waals surface area contributed by atoms with E-state index >= 15 is 0 Å². The fourth-order valence-electron chi connectivity index (χ4n) is 2.05. The van der Waals surface area contributed by atoms with E-state index in [2.05, 4.69) is 5.32 Å². The van der Waals surface area contributed by atoms with Crippen molar-refractivity contribution in [3.05, 3.63) is 65.2 Å². The Morgan fingerprint density at radius 1 is 1.24 bits per heavy atom. The standard InChI is InChI=1S/C17H19NO3/c1-12-6-3-4-7-14(12)11-18-17(20)16(19)13-8-5-9-15(10-13)21-2/h3-10,16,19H,11H2,1-2H3,(H,18,20). The first-order valence-corrected chi connectivity index (χ1v) is 6.76. The molecule has 0 radical (unpaired) electrons. The molecule has 2 rings (SSSR count). The third kappa shape index (κ3) is 3.83. The summed E-state index contributed by atoms with van der Waals surface area (Å²) in [6, 6.07) is 14.7. The molecule has 0 aliphatic heterocycles. The summed E-state index contributed by atoms with van der Waals surface area (Å²) in [5.74, 6) is 0.185. The molecule has 0 fully saturated rings. The molecular weight excluding hydrogens is 266 g/mol. The van der Waals surface area contributed by atoms with Gasteiger partial charge in [0.25, 0.3) is 5.91 Å². The molecule has 0 bridgehead atoms. The molecule has 2 N–H and O–H groups in total. The number of ether oxygens (including phenoxy) is 1. The number of benzene rings is 2. The van der Waals surface area contributed by atoms with Crippen molar-refractivity contribution in [3.63, 3.8) is 0 Å². The minimum absolute atomic E-state index is 0.395. The molecule has 1 unspecified atom stereocenters. The molecule has 21 heavy (non-hydrogen) atoms. The highest BCUT2D eigenvalue weighted by Gasteiger charge is 2.17. The number of nitrogens with one attached hydrogen (secondary N) is 1. The van der Waals surface area contributed by atoms with E-state index in [1.807, 2.05) is 31.2 Å². The van der Waals surface area contributed by atoms with Crippen LogP contribution in [0.4, 0.5) is 0 Å². The lowest BCUT2D eigenvalue weighted by atomic mass is 10.1. The van der Waals surface area contributed by atoms with Gasteiger partial charge in [-0.25, -0.2) is 0 Å². The minimum Gasteiger partial charge on any atom is -0.497 e. The predicted octanol–water partition coefficient (Wildman–Crippen LogP) is 2.35. The van der Waals surface area contributed by atoms with Crippen LogP contribution in [0.1, 0.15) is 22.8 Å². The fourth-order valence-corrected chi connectivity index (χ4v) is 2.05. The molecule has 1 atom stereocenters. The van der Waals surface area contributed by atoms with Crippen molar-refractivity contribution in [1.29, 1.82) is 0 Å². The second kappa shape index (κ2) is 6.90. The van der Waals surface area contributed by atoms with Gasteiger partial charge >= 0.3 is 0 Å². The van der Waals surface area contributed by atoms with E-state index in [9.17, 15) is 9.90 Å². The Bertz CT molecular complexity index is 625. The van der Waals surface area contributed by atoms with E-state index < -0.39 is 12.0 Å². The first kappa shape index (κ1) is 15.1. The highest BCUT2D eigenvalue weighted by molar-refractivity contribution is 5.82. The molecule has 0 spiro atoms. The molecule has 0 aromatic heterocycles. The van der Waals surface area contributed by atoms with Crippen molar-refractivity contribution in [3.8, 4) is 5.75 Å². The SMILES string of the molecule is COc1cccc(C(O)C(=O)NCc2ccccc2C)c1. The second-order valence-electron chi connectivity index (χ2n) is 4.82. The van der Waals surface area contributed by atoms with Crippen molar-refractivity contribution in [1.82, 2.24) is 5.32 Å². The summed E-state index contributed by atoms with van der Waals surface area (Å²) in [6.45, 7) is 2.38. The number of hydrogen-bond donors (Lipinski definition) is 2. The molecule has 2 aromatic rings. The van der Waals surface area contributed by atoms with E-state index in [1.54, 1.807) is 31.4 Å². The van der Waals surface area contributed by atoms with Gasteiger partial charge in [0.2, 0.25) is 0 Å². The van der Waals surface area contributed by atoms with E-state index in [0.29, 0.717) is 17.9 Å². The van der Waals surface area contributed by atoms with Crippen LogP contribution in [0.25, 0.3) is 0 Å². The summed E-state index contributed by atoms with van der Waals surface area (Å²) in [5.41, 5.74) is 2.65. The van der Waals surface area contributed by atoms with Gasteiger partial charge in [-0.2, -0.15) is 0 Å². The molecule has 4 nitrogen and oxygen atoms in total. The maximum atomic E-state index is 12.0. The molecular formula is C17H19NO3. The van der Waals surface area contributed by atoms with Crippen LogP contribution in [0.3, 0.4) is 0 Å². The second-order valence-corrected chi connectivity index (χ2v) is 4.82. The lowest BCUT2D eigenvalue weighted by Gasteiger charge is -2.13. The highest BCUT2D eigenvalue weighted by atomic mass is 16.5. The normalized spacial score (nSPS) is 11.8. The van der Waals surface area contributed by atoms with Crippen molar-refractivity contribution >= 4 is 5.91 Å². The van der Waals surface area contributed by atoms with Crippen LogP contribution >= 0.6 is 0 Å². The number of aliphatic hydroxyl groups excluding tert-OH is 1. The first-order chi connectivity index (χ1) is 10.1. The number of hydrogen-bond acceptors (Lipinski definition) is 3. The molecule has 0 saturated carbocycles. The number of aliphatic hydroxyl groups is 1. The van der Waals surface area contributed by atoms with Crippen molar-refractivity contribution in [2.45, 2.75) is 19.6 Å². The van der Waals surface area contributed by atoms with Gasteiger partial charge in [0.05, 0.1) is 7.11 Å². The highest BCUT2D eigenvalue weighted by Crippen LogP contribution is 2.19. The Morgan fingerprint density at radius 2 is 2.00 bits per heavy atom. The predicted molar refractivity (Wildman–Crippen MR) is 81.0 cm³/mol. The average Bonchev–Trinajstić information content (AvgIpc) is 2.53. The van der Waals surface area contributed by atoms with Crippen molar-refractivity contribution in [2.24, 2.45) is 0 Å². The van der Waals surface area contributed by atoms with Crippen LogP contribution in [0.15, 0.2) is 48.5 Å². The summed E-state index contributed by atoms with van der Waals surface area (Å²) in [6.07, 6.45) is -1.20. The lowest BCUT2D eigenvalue weighted by molar-refractivity contribution is -0.129. The largest absolute Gasteiger partial charge is 0.497 e. The smallest absolute Gasteiger partial charge is 0.253 e. The molecule has 0 aliphatic carbocycles. The van der Waals surface area contributed by atoms with Gasteiger partial charge in [0.15, 0.2) is 6.10 Å². The lowest BCUT2D eigenvalue weighted by Crippen LogP contribution is -2.29. The van der Waals surface area contributed by atoms with Gasteiger partial charge in [0, 0.05) is 6.54 Å². The van der Waals surface area contributed by atoms with Crippen LogP contribution < -0.4 is 10.1 Å². The third-order valence-electron chi connectivity index (χ3n) is 3.37. The zero-order valence-corrected chi connectivity index (χ0v) is 12.2. The fraction of sp³-hybridized carbons (Fsp3) is 0.235. The maximum absolute atomic E-state index is 12.0. The minimum atomic E-state index is -1.20. The topological polar surface area (TPSA) is 58.6 Å². The average molecular weight is 285 g/mol. The summed E-state index contributed by atoms with van der Waals surface area (Å²) in [7, 11) is 1.55. The quantitative estimate of drug-likeness (QED) is 0.886.